The van der Waals surface area contributed by atoms with E-state index in [1.807, 2.05) is 6.92 Å². The molecule has 2 aromatic heterocycles. The van der Waals surface area contributed by atoms with Crippen molar-refractivity contribution in [2.24, 2.45) is 0 Å². The van der Waals surface area contributed by atoms with Crippen molar-refractivity contribution in [1.29, 1.82) is 0 Å². The largest absolute Gasteiger partial charge is 0.365 e. The topological polar surface area (TPSA) is 59.7 Å². The highest BCUT2D eigenvalue weighted by molar-refractivity contribution is 7.20. The lowest BCUT2D eigenvalue weighted by atomic mass is 9.94. The van der Waals surface area contributed by atoms with E-state index in [0.29, 0.717) is 4.96 Å². The van der Waals surface area contributed by atoms with Gasteiger partial charge in [0.2, 0.25) is 10.1 Å². The van der Waals surface area contributed by atoms with Crippen LogP contribution < -0.4 is 10.5 Å². The highest BCUT2D eigenvalue weighted by Gasteiger charge is 2.46. The van der Waals surface area contributed by atoms with Crippen molar-refractivity contribution in [3.8, 4) is 0 Å². The van der Waals surface area contributed by atoms with E-state index in [0.717, 1.165) is 43.2 Å². The molecule has 0 atom stereocenters. The smallest absolute Gasteiger partial charge is 0.275 e. The van der Waals surface area contributed by atoms with Gasteiger partial charge in [0.1, 0.15) is 0 Å². The molecular formula is C17H24N4O2S. The first kappa shape index (κ1) is 16.0. The van der Waals surface area contributed by atoms with E-state index in [2.05, 4.69) is 28.8 Å². The summed E-state index contributed by atoms with van der Waals surface area (Å²) in [6, 6.07) is 1.58. The molecule has 4 rings (SSSR count). The van der Waals surface area contributed by atoms with Gasteiger partial charge in [-0.3, -0.25) is 4.79 Å². The third-order valence-electron chi connectivity index (χ3n) is 4.98. The van der Waals surface area contributed by atoms with E-state index >= 15 is 0 Å². The summed E-state index contributed by atoms with van der Waals surface area (Å²) in [5.74, 6) is 0. The van der Waals surface area contributed by atoms with Gasteiger partial charge in [-0.1, -0.05) is 31.1 Å². The highest BCUT2D eigenvalue weighted by Crippen LogP contribution is 2.42. The van der Waals surface area contributed by atoms with Gasteiger partial charge >= 0.3 is 0 Å². The number of hydrogen-bond acceptors (Lipinski definition) is 6. The van der Waals surface area contributed by atoms with Crippen LogP contribution in [-0.2, 0) is 11.2 Å². The Balaban J connectivity index is 1.73. The Bertz CT molecular complexity index is 820. The van der Waals surface area contributed by atoms with Gasteiger partial charge in [0.05, 0.1) is 11.2 Å². The molecule has 2 aromatic rings. The standard InChI is InChI=1S/C17H24N4O2S/c1-4-12-9-13(22)21-14(18-12)24-15(19-21)20-10-16(2,3)23-17(11-20)7-5-6-8-17/h9H,4-8,10-11H2,1-3H3. The van der Waals surface area contributed by atoms with Crippen LogP contribution in [-0.4, -0.2) is 38.9 Å². The van der Waals surface area contributed by atoms with Gasteiger partial charge in [-0.15, -0.1) is 5.10 Å². The Morgan fingerprint density at radius 3 is 2.75 bits per heavy atom. The van der Waals surface area contributed by atoms with Crippen molar-refractivity contribution < 1.29 is 4.74 Å². The molecule has 0 aromatic carbocycles. The van der Waals surface area contributed by atoms with Gasteiger partial charge in [0.15, 0.2) is 0 Å². The van der Waals surface area contributed by atoms with Gasteiger partial charge in [-0.05, 0) is 33.1 Å². The molecule has 3 heterocycles. The van der Waals surface area contributed by atoms with E-state index in [-0.39, 0.29) is 16.8 Å². The number of nitrogens with zero attached hydrogens (tertiary/aromatic N) is 4. The van der Waals surface area contributed by atoms with E-state index in [1.54, 1.807) is 6.07 Å². The van der Waals surface area contributed by atoms with Crippen molar-refractivity contribution in [2.45, 2.75) is 64.1 Å². The number of morpholine rings is 1. The fourth-order valence-electron chi connectivity index (χ4n) is 4.08. The molecule has 0 N–H and O–H groups in total. The summed E-state index contributed by atoms with van der Waals surface area (Å²) in [5, 5.41) is 5.43. The summed E-state index contributed by atoms with van der Waals surface area (Å²) in [7, 11) is 0. The summed E-state index contributed by atoms with van der Waals surface area (Å²) < 4.78 is 7.89. The molecule has 1 aliphatic heterocycles. The predicted molar refractivity (Wildman–Crippen MR) is 95.1 cm³/mol. The highest BCUT2D eigenvalue weighted by atomic mass is 32.1. The zero-order valence-corrected chi connectivity index (χ0v) is 15.4. The van der Waals surface area contributed by atoms with Crippen LogP contribution >= 0.6 is 11.3 Å². The maximum Gasteiger partial charge on any atom is 0.275 e. The summed E-state index contributed by atoms with van der Waals surface area (Å²) in [6.07, 6.45) is 5.42. The van der Waals surface area contributed by atoms with E-state index < -0.39 is 0 Å². The zero-order chi connectivity index (χ0) is 16.9. The van der Waals surface area contributed by atoms with Crippen LogP contribution in [0.3, 0.4) is 0 Å². The molecule has 2 aliphatic rings. The third-order valence-corrected chi connectivity index (χ3v) is 5.95. The molecule has 1 aliphatic carbocycles. The van der Waals surface area contributed by atoms with Crippen LogP contribution in [0.1, 0.15) is 52.1 Å². The van der Waals surface area contributed by atoms with Crippen LogP contribution in [0.5, 0.6) is 0 Å². The molecule has 24 heavy (non-hydrogen) atoms. The van der Waals surface area contributed by atoms with Crippen LogP contribution in [0, 0.1) is 0 Å². The van der Waals surface area contributed by atoms with Crippen molar-refractivity contribution in [1.82, 2.24) is 14.6 Å². The molecular weight excluding hydrogens is 324 g/mol. The number of aryl methyl sites for hydroxylation is 1. The molecule has 2 fully saturated rings. The lowest BCUT2D eigenvalue weighted by Gasteiger charge is -2.48. The average molecular weight is 348 g/mol. The van der Waals surface area contributed by atoms with Crippen LogP contribution in [0.2, 0.25) is 0 Å². The van der Waals surface area contributed by atoms with Gasteiger partial charge in [0.25, 0.3) is 5.56 Å². The maximum atomic E-state index is 12.3. The number of ether oxygens (including phenoxy) is 1. The van der Waals surface area contributed by atoms with Crippen LogP contribution in [0.15, 0.2) is 10.9 Å². The fraction of sp³-hybridized carbons (Fsp3) is 0.706. The minimum Gasteiger partial charge on any atom is -0.365 e. The third kappa shape index (κ3) is 2.73. The van der Waals surface area contributed by atoms with Crippen LogP contribution in [0.25, 0.3) is 4.96 Å². The summed E-state index contributed by atoms with van der Waals surface area (Å²) in [4.78, 5) is 19.8. The quantitative estimate of drug-likeness (QED) is 0.835. The number of aromatic nitrogens is 3. The Morgan fingerprint density at radius 2 is 2.04 bits per heavy atom. The number of rotatable bonds is 2. The Hall–Kier alpha value is -1.47. The second-order valence-electron chi connectivity index (χ2n) is 7.63. The molecule has 0 radical (unpaired) electrons. The van der Waals surface area contributed by atoms with Crippen molar-refractivity contribution >= 4 is 21.4 Å². The monoisotopic (exact) mass is 348 g/mol. The number of hydrogen-bond donors (Lipinski definition) is 0. The molecule has 0 unspecified atom stereocenters. The lowest BCUT2D eigenvalue weighted by molar-refractivity contribution is -0.148. The second-order valence-corrected chi connectivity index (χ2v) is 8.56. The second kappa shape index (κ2) is 5.52. The molecule has 1 spiro atoms. The predicted octanol–water partition coefficient (Wildman–Crippen LogP) is 2.64. The molecule has 1 saturated heterocycles. The molecule has 0 bridgehead atoms. The van der Waals surface area contributed by atoms with Gasteiger partial charge in [-0.25, -0.2) is 4.98 Å². The number of anilines is 1. The number of fused-ring (bicyclic) bond motifs is 1. The van der Waals surface area contributed by atoms with Crippen molar-refractivity contribution in [3.05, 3.63) is 22.1 Å². The van der Waals surface area contributed by atoms with Crippen molar-refractivity contribution in [2.75, 3.05) is 18.0 Å². The summed E-state index contributed by atoms with van der Waals surface area (Å²) in [5.41, 5.74) is 0.451. The first-order valence-electron chi connectivity index (χ1n) is 8.75. The zero-order valence-electron chi connectivity index (χ0n) is 14.5. The Kier molecular flexibility index (Phi) is 3.69. The minimum absolute atomic E-state index is 0.0629. The summed E-state index contributed by atoms with van der Waals surface area (Å²) >= 11 is 1.50. The van der Waals surface area contributed by atoms with Crippen LogP contribution in [0.4, 0.5) is 5.13 Å². The molecule has 7 heteroatoms. The van der Waals surface area contributed by atoms with Gasteiger partial charge < -0.3 is 9.64 Å². The minimum atomic E-state index is -0.215. The van der Waals surface area contributed by atoms with E-state index in [4.69, 9.17) is 4.74 Å². The Morgan fingerprint density at radius 1 is 1.29 bits per heavy atom. The summed E-state index contributed by atoms with van der Waals surface area (Å²) in [6.45, 7) is 7.93. The maximum absolute atomic E-state index is 12.3. The molecule has 6 nitrogen and oxygen atoms in total. The van der Waals surface area contributed by atoms with Gasteiger partial charge in [0, 0.05) is 24.8 Å². The first-order chi connectivity index (χ1) is 11.4. The molecule has 1 saturated carbocycles. The SMILES string of the molecule is CCc1cc(=O)n2nc(N3CC(C)(C)OC4(CCCC4)C3)sc2n1. The fourth-order valence-corrected chi connectivity index (χ4v) is 5.01. The van der Waals surface area contributed by atoms with E-state index in [1.165, 1.54) is 28.7 Å². The normalized spacial score (nSPS) is 22.5. The molecule has 130 valence electrons. The lowest BCUT2D eigenvalue weighted by Crippen LogP contribution is -2.58. The van der Waals surface area contributed by atoms with Crippen molar-refractivity contribution in [3.63, 3.8) is 0 Å². The Labute approximate surface area is 145 Å². The average Bonchev–Trinajstić information content (AvgIpc) is 3.12. The van der Waals surface area contributed by atoms with Gasteiger partial charge in [-0.2, -0.15) is 4.52 Å². The first-order valence-corrected chi connectivity index (χ1v) is 9.56. The van der Waals surface area contributed by atoms with E-state index in [9.17, 15) is 4.79 Å². The molecule has 0 amide bonds.